The number of hydrogen-bond acceptors (Lipinski definition) is 2. The first-order valence-electron chi connectivity index (χ1n) is 7.37. The summed E-state index contributed by atoms with van der Waals surface area (Å²) in [6.07, 6.45) is 6.39. The highest BCUT2D eigenvalue weighted by atomic mass is 15.0. The average Bonchev–Trinajstić information content (AvgIpc) is 3.19. The Morgan fingerprint density at radius 1 is 1.06 bits per heavy atom. The fourth-order valence-electron chi connectivity index (χ4n) is 3.20. The summed E-state index contributed by atoms with van der Waals surface area (Å²) in [5.74, 6) is 1.62. The number of nitrogens with one attached hydrogen (secondary N) is 1. The van der Waals surface area contributed by atoms with E-state index in [9.17, 15) is 0 Å². The lowest BCUT2D eigenvalue weighted by Gasteiger charge is -2.26. The van der Waals surface area contributed by atoms with Crippen LogP contribution in [0.4, 0.5) is 0 Å². The van der Waals surface area contributed by atoms with Gasteiger partial charge in [0.1, 0.15) is 0 Å². The summed E-state index contributed by atoms with van der Waals surface area (Å²) in [5.41, 5.74) is 7.44. The first kappa shape index (κ1) is 12.2. The molecule has 2 aliphatic carbocycles. The summed E-state index contributed by atoms with van der Waals surface area (Å²) in [5, 5.41) is 3.75. The molecule has 2 fully saturated rings. The van der Waals surface area contributed by atoms with E-state index in [1.165, 1.54) is 44.2 Å². The van der Waals surface area contributed by atoms with Crippen molar-refractivity contribution in [2.24, 2.45) is 11.7 Å². The SMILES string of the molecule is N[C@H]1CC[C@H](CN[C@@H]2C[C@H]2c2ccccc2)CC1. The van der Waals surface area contributed by atoms with Crippen LogP contribution in [0.2, 0.25) is 0 Å². The predicted molar refractivity (Wildman–Crippen MR) is 75.5 cm³/mol. The van der Waals surface area contributed by atoms with Crippen LogP contribution in [0.5, 0.6) is 0 Å². The van der Waals surface area contributed by atoms with Crippen molar-refractivity contribution in [2.45, 2.75) is 50.1 Å². The number of hydrogen-bond donors (Lipinski definition) is 2. The Kier molecular flexibility index (Phi) is 3.67. The van der Waals surface area contributed by atoms with Crippen LogP contribution in [0.15, 0.2) is 30.3 Å². The maximum atomic E-state index is 5.94. The second kappa shape index (κ2) is 5.41. The Labute approximate surface area is 110 Å². The van der Waals surface area contributed by atoms with Crippen LogP contribution in [0, 0.1) is 5.92 Å². The van der Waals surface area contributed by atoms with E-state index in [1.807, 2.05) is 0 Å². The van der Waals surface area contributed by atoms with Crippen LogP contribution in [-0.4, -0.2) is 18.6 Å². The summed E-state index contributed by atoms with van der Waals surface area (Å²) in [6.45, 7) is 1.20. The third kappa shape index (κ3) is 2.93. The highest BCUT2D eigenvalue weighted by Gasteiger charge is 2.38. The van der Waals surface area contributed by atoms with E-state index in [0.717, 1.165) is 17.9 Å². The minimum atomic E-state index is 0.472. The van der Waals surface area contributed by atoms with Gasteiger partial charge in [-0.05, 0) is 50.1 Å². The van der Waals surface area contributed by atoms with Crippen molar-refractivity contribution < 1.29 is 0 Å². The molecule has 2 saturated carbocycles. The van der Waals surface area contributed by atoms with Gasteiger partial charge in [0, 0.05) is 18.0 Å². The zero-order chi connectivity index (χ0) is 12.4. The van der Waals surface area contributed by atoms with Gasteiger partial charge in [0.2, 0.25) is 0 Å². The van der Waals surface area contributed by atoms with Gasteiger partial charge < -0.3 is 11.1 Å². The monoisotopic (exact) mass is 244 g/mol. The van der Waals surface area contributed by atoms with Crippen LogP contribution in [0.25, 0.3) is 0 Å². The van der Waals surface area contributed by atoms with Crippen LogP contribution in [0.3, 0.4) is 0 Å². The molecule has 2 nitrogen and oxygen atoms in total. The van der Waals surface area contributed by atoms with Gasteiger partial charge in [0.15, 0.2) is 0 Å². The topological polar surface area (TPSA) is 38.0 Å². The molecule has 18 heavy (non-hydrogen) atoms. The molecule has 0 unspecified atom stereocenters. The fraction of sp³-hybridized carbons (Fsp3) is 0.625. The third-order valence-electron chi connectivity index (χ3n) is 4.58. The standard InChI is InChI=1S/C16H24N2/c17-14-8-6-12(7-9-14)11-18-16-10-15(16)13-4-2-1-3-5-13/h1-5,12,14-16,18H,6-11,17H2/t12-,14-,15-,16+/m0/s1. The molecule has 2 heteroatoms. The Morgan fingerprint density at radius 3 is 2.50 bits per heavy atom. The maximum Gasteiger partial charge on any atom is 0.0143 e. The van der Waals surface area contributed by atoms with Crippen molar-refractivity contribution in [3.8, 4) is 0 Å². The molecule has 1 aromatic carbocycles. The smallest absolute Gasteiger partial charge is 0.0143 e. The van der Waals surface area contributed by atoms with E-state index >= 15 is 0 Å². The molecule has 98 valence electrons. The van der Waals surface area contributed by atoms with Crippen LogP contribution in [0.1, 0.15) is 43.6 Å². The van der Waals surface area contributed by atoms with Gasteiger partial charge in [-0.15, -0.1) is 0 Å². The van der Waals surface area contributed by atoms with Crippen molar-refractivity contribution in [1.82, 2.24) is 5.32 Å². The van der Waals surface area contributed by atoms with Gasteiger partial charge in [-0.1, -0.05) is 30.3 Å². The van der Waals surface area contributed by atoms with Gasteiger partial charge in [0.25, 0.3) is 0 Å². The fourth-order valence-corrected chi connectivity index (χ4v) is 3.20. The lowest BCUT2D eigenvalue weighted by atomic mass is 9.86. The molecule has 3 N–H and O–H groups in total. The molecule has 2 aliphatic rings. The van der Waals surface area contributed by atoms with E-state index in [4.69, 9.17) is 5.73 Å². The first-order valence-corrected chi connectivity index (χ1v) is 7.37. The van der Waals surface area contributed by atoms with Crippen molar-refractivity contribution in [2.75, 3.05) is 6.54 Å². The number of nitrogens with two attached hydrogens (primary N) is 1. The molecule has 0 saturated heterocycles. The Hall–Kier alpha value is -0.860. The van der Waals surface area contributed by atoms with Crippen molar-refractivity contribution in [3.63, 3.8) is 0 Å². The molecular formula is C16H24N2. The zero-order valence-corrected chi connectivity index (χ0v) is 11.0. The summed E-state index contributed by atoms with van der Waals surface area (Å²) >= 11 is 0. The van der Waals surface area contributed by atoms with Gasteiger partial charge in [-0.2, -0.15) is 0 Å². The van der Waals surface area contributed by atoms with Crippen LogP contribution < -0.4 is 11.1 Å². The van der Waals surface area contributed by atoms with Crippen molar-refractivity contribution in [1.29, 1.82) is 0 Å². The van der Waals surface area contributed by atoms with E-state index in [-0.39, 0.29) is 0 Å². The molecule has 1 aromatic rings. The zero-order valence-electron chi connectivity index (χ0n) is 11.0. The Balaban J connectivity index is 1.41. The van der Waals surface area contributed by atoms with Gasteiger partial charge in [-0.25, -0.2) is 0 Å². The van der Waals surface area contributed by atoms with Gasteiger partial charge in [-0.3, -0.25) is 0 Å². The summed E-state index contributed by atoms with van der Waals surface area (Å²) in [7, 11) is 0. The second-order valence-corrected chi connectivity index (χ2v) is 6.05. The van der Waals surface area contributed by atoms with Crippen molar-refractivity contribution >= 4 is 0 Å². The molecule has 0 amide bonds. The quantitative estimate of drug-likeness (QED) is 0.854. The summed E-state index contributed by atoms with van der Waals surface area (Å²) < 4.78 is 0. The lowest BCUT2D eigenvalue weighted by Crippen LogP contribution is -2.32. The molecule has 0 aromatic heterocycles. The molecule has 3 rings (SSSR count). The Bertz CT molecular complexity index is 368. The van der Waals surface area contributed by atoms with Crippen LogP contribution in [-0.2, 0) is 0 Å². The molecule has 0 aliphatic heterocycles. The van der Waals surface area contributed by atoms with E-state index < -0.39 is 0 Å². The second-order valence-electron chi connectivity index (χ2n) is 6.05. The molecule has 2 atom stereocenters. The number of benzene rings is 1. The molecule has 0 spiro atoms. The van der Waals surface area contributed by atoms with E-state index in [2.05, 4.69) is 35.6 Å². The minimum absolute atomic E-state index is 0.472. The molecular weight excluding hydrogens is 220 g/mol. The number of rotatable bonds is 4. The largest absolute Gasteiger partial charge is 0.328 e. The normalized spacial score (nSPS) is 35.4. The third-order valence-corrected chi connectivity index (χ3v) is 4.58. The van der Waals surface area contributed by atoms with Gasteiger partial charge >= 0.3 is 0 Å². The summed E-state index contributed by atoms with van der Waals surface area (Å²) in [6, 6.07) is 12.1. The van der Waals surface area contributed by atoms with E-state index in [0.29, 0.717) is 6.04 Å². The van der Waals surface area contributed by atoms with Gasteiger partial charge in [0.05, 0.1) is 0 Å². The predicted octanol–water partition coefficient (Wildman–Crippen LogP) is 2.65. The Morgan fingerprint density at radius 2 is 1.78 bits per heavy atom. The summed E-state index contributed by atoms with van der Waals surface area (Å²) in [4.78, 5) is 0. The van der Waals surface area contributed by atoms with E-state index in [1.54, 1.807) is 0 Å². The van der Waals surface area contributed by atoms with Crippen LogP contribution >= 0.6 is 0 Å². The minimum Gasteiger partial charge on any atom is -0.328 e. The van der Waals surface area contributed by atoms with Crippen molar-refractivity contribution in [3.05, 3.63) is 35.9 Å². The molecule has 0 heterocycles. The maximum absolute atomic E-state index is 5.94. The highest BCUT2D eigenvalue weighted by Crippen LogP contribution is 2.40. The lowest BCUT2D eigenvalue weighted by molar-refractivity contribution is 0.313. The first-order chi connectivity index (χ1) is 8.83. The molecule has 0 bridgehead atoms. The average molecular weight is 244 g/mol. The molecule has 0 radical (unpaired) electrons. The highest BCUT2D eigenvalue weighted by molar-refractivity contribution is 5.27.